The molecule has 0 unspecified atom stereocenters. The fraction of sp³-hybridized carbons (Fsp3) is 0.100. The molecular weight excluding hydrogens is 336 g/mol. The van der Waals surface area contributed by atoms with Gasteiger partial charge in [-0.15, -0.1) is 0 Å². The molecule has 126 valence electrons. The van der Waals surface area contributed by atoms with Crippen LogP contribution in [-0.2, 0) is 13.2 Å². The number of hydrogen-bond acceptors (Lipinski definition) is 3. The molecule has 5 heteroatoms. The van der Waals surface area contributed by atoms with Gasteiger partial charge in [-0.3, -0.25) is 4.79 Å². The molecule has 25 heavy (non-hydrogen) atoms. The normalized spacial score (nSPS) is 10.3. The number of halogens is 1. The molecule has 1 N–H and O–H groups in total. The first kappa shape index (κ1) is 17.0. The van der Waals surface area contributed by atoms with Crippen LogP contribution < -0.4 is 10.1 Å². The molecule has 2 aromatic carbocycles. The van der Waals surface area contributed by atoms with Crippen molar-refractivity contribution in [3.8, 4) is 5.88 Å². The molecule has 0 bridgehead atoms. The van der Waals surface area contributed by atoms with E-state index >= 15 is 0 Å². The molecule has 1 heterocycles. The maximum atomic E-state index is 12.3. The van der Waals surface area contributed by atoms with Gasteiger partial charge in [0.25, 0.3) is 5.91 Å². The Labute approximate surface area is 151 Å². The molecular formula is C20H17ClN2O2. The first-order valence-electron chi connectivity index (χ1n) is 7.86. The number of ether oxygens (including phenoxy) is 1. The van der Waals surface area contributed by atoms with Gasteiger partial charge in [0.1, 0.15) is 6.61 Å². The van der Waals surface area contributed by atoms with E-state index in [1.807, 2.05) is 48.5 Å². The van der Waals surface area contributed by atoms with Gasteiger partial charge in [-0.2, -0.15) is 0 Å². The summed E-state index contributed by atoms with van der Waals surface area (Å²) >= 11 is 5.95. The summed E-state index contributed by atoms with van der Waals surface area (Å²) in [7, 11) is 0. The zero-order valence-corrected chi connectivity index (χ0v) is 14.2. The molecule has 0 saturated carbocycles. The minimum absolute atomic E-state index is 0.188. The van der Waals surface area contributed by atoms with Crippen molar-refractivity contribution in [2.24, 2.45) is 0 Å². The fourth-order valence-corrected chi connectivity index (χ4v) is 2.51. The topological polar surface area (TPSA) is 51.2 Å². The van der Waals surface area contributed by atoms with Gasteiger partial charge in [0, 0.05) is 29.4 Å². The minimum Gasteiger partial charge on any atom is -0.473 e. The van der Waals surface area contributed by atoms with Crippen LogP contribution in [-0.4, -0.2) is 10.9 Å². The second-order valence-electron chi connectivity index (χ2n) is 5.47. The predicted octanol–water partition coefficient (Wildman–Crippen LogP) is 4.24. The molecule has 4 nitrogen and oxygen atoms in total. The van der Waals surface area contributed by atoms with E-state index in [2.05, 4.69) is 10.3 Å². The summed E-state index contributed by atoms with van der Waals surface area (Å²) in [5, 5.41) is 3.51. The van der Waals surface area contributed by atoms with E-state index in [1.54, 1.807) is 24.4 Å². The third-order valence-electron chi connectivity index (χ3n) is 3.57. The van der Waals surface area contributed by atoms with Gasteiger partial charge in [-0.05, 0) is 29.3 Å². The molecule has 0 saturated heterocycles. The summed E-state index contributed by atoms with van der Waals surface area (Å²) in [6.07, 6.45) is 1.56. The average molecular weight is 353 g/mol. The monoisotopic (exact) mass is 352 g/mol. The lowest BCUT2D eigenvalue weighted by molar-refractivity contribution is 0.0950. The van der Waals surface area contributed by atoms with E-state index in [9.17, 15) is 4.79 Å². The number of benzene rings is 2. The molecule has 0 atom stereocenters. The van der Waals surface area contributed by atoms with E-state index in [1.165, 1.54) is 0 Å². The van der Waals surface area contributed by atoms with Crippen LogP contribution in [0.4, 0.5) is 0 Å². The van der Waals surface area contributed by atoms with Crippen molar-refractivity contribution < 1.29 is 9.53 Å². The number of carbonyl (C=O) groups excluding carboxylic acids is 1. The lowest BCUT2D eigenvalue weighted by Crippen LogP contribution is -2.22. The minimum atomic E-state index is -0.188. The molecule has 0 aliphatic carbocycles. The predicted molar refractivity (Wildman–Crippen MR) is 97.6 cm³/mol. The Morgan fingerprint density at radius 1 is 1.00 bits per heavy atom. The Hall–Kier alpha value is -2.85. The highest BCUT2D eigenvalue weighted by atomic mass is 35.5. The number of nitrogens with zero attached hydrogens (tertiary/aromatic N) is 1. The molecule has 1 aromatic heterocycles. The first-order chi connectivity index (χ1) is 12.2. The van der Waals surface area contributed by atoms with Crippen molar-refractivity contribution in [1.82, 2.24) is 10.3 Å². The first-order valence-corrected chi connectivity index (χ1v) is 8.24. The van der Waals surface area contributed by atoms with Gasteiger partial charge in [-0.25, -0.2) is 4.98 Å². The highest BCUT2D eigenvalue weighted by Gasteiger charge is 2.08. The molecule has 3 rings (SSSR count). The van der Waals surface area contributed by atoms with Gasteiger partial charge in [0.2, 0.25) is 5.88 Å². The van der Waals surface area contributed by atoms with Crippen LogP contribution in [0.25, 0.3) is 0 Å². The van der Waals surface area contributed by atoms with E-state index in [0.29, 0.717) is 29.6 Å². The largest absolute Gasteiger partial charge is 0.473 e. The average Bonchev–Trinajstić information content (AvgIpc) is 2.65. The number of amides is 1. The Kier molecular flexibility index (Phi) is 5.65. The Bertz CT molecular complexity index is 853. The van der Waals surface area contributed by atoms with Crippen molar-refractivity contribution in [1.29, 1.82) is 0 Å². The number of rotatable bonds is 6. The fourth-order valence-electron chi connectivity index (χ4n) is 2.29. The van der Waals surface area contributed by atoms with Crippen LogP contribution >= 0.6 is 11.6 Å². The summed E-state index contributed by atoms with van der Waals surface area (Å²) in [5.41, 5.74) is 2.48. The van der Waals surface area contributed by atoms with E-state index in [4.69, 9.17) is 16.3 Å². The zero-order valence-electron chi connectivity index (χ0n) is 13.5. The highest BCUT2D eigenvalue weighted by molar-refractivity contribution is 6.30. The van der Waals surface area contributed by atoms with Crippen LogP contribution in [0.3, 0.4) is 0 Å². The van der Waals surface area contributed by atoms with Crippen molar-refractivity contribution in [2.75, 3.05) is 0 Å². The van der Waals surface area contributed by atoms with Crippen molar-refractivity contribution in [2.45, 2.75) is 13.2 Å². The third kappa shape index (κ3) is 5.06. The summed E-state index contributed by atoms with van der Waals surface area (Å²) < 4.78 is 5.65. The van der Waals surface area contributed by atoms with Crippen LogP contribution in [0.1, 0.15) is 21.5 Å². The summed E-state index contributed by atoms with van der Waals surface area (Å²) in [6.45, 7) is 0.809. The van der Waals surface area contributed by atoms with E-state index in [-0.39, 0.29) is 5.91 Å². The molecule has 1 amide bonds. The van der Waals surface area contributed by atoms with Gasteiger partial charge in [-0.1, -0.05) is 54.1 Å². The van der Waals surface area contributed by atoms with Crippen LogP contribution in [0.15, 0.2) is 72.9 Å². The lowest BCUT2D eigenvalue weighted by Gasteiger charge is -2.08. The second kappa shape index (κ2) is 8.31. The molecule has 3 aromatic rings. The highest BCUT2D eigenvalue weighted by Crippen LogP contribution is 2.13. The van der Waals surface area contributed by atoms with Crippen molar-refractivity contribution in [3.05, 3.63) is 94.6 Å². The number of carbonyl (C=O) groups is 1. The maximum Gasteiger partial charge on any atom is 0.251 e. The van der Waals surface area contributed by atoms with Crippen LogP contribution in [0.2, 0.25) is 5.02 Å². The number of hydrogen-bond donors (Lipinski definition) is 1. The lowest BCUT2D eigenvalue weighted by atomic mass is 10.2. The smallest absolute Gasteiger partial charge is 0.251 e. The van der Waals surface area contributed by atoms with Gasteiger partial charge < -0.3 is 10.1 Å². The summed E-state index contributed by atoms with van der Waals surface area (Å²) in [6, 6.07) is 20.5. The van der Waals surface area contributed by atoms with Gasteiger partial charge >= 0.3 is 0 Å². The van der Waals surface area contributed by atoms with Crippen molar-refractivity contribution in [3.63, 3.8) is 0 Å². The molecule has 0 aliphatic heterocycles. The second-order valence-corrected chi connectivity index (χ2v) is 5.91. The summed E-state index contributed by atoms with van der Waals surface area (Å²) in [5.74, 6) is 0.228. The van der Waals surface area contributed by atoms with Gasteiger partial charge in [0.05, 0.1) is 0 Å². The Morgan fingerprint density at radius 3 is 2.60 bits per heavy atom. The number of pyridine rings is 1. The standard InChI is InChI=1S/C20H17ClN2O2/c21-18-8-4-7-16(11-18)13-23-20(24)17-9-10-22-19(12-17)25-14-15-5-2-1-3-6-15/h1-12H,13-14H2,(H,23,24). The summed E-state index contributed by atoms with van der Waals surface area (Å²) in [4.78, 5) is 16.4. The van der Waals surface area contributed by atoms with Crippen LogP contribution in [0, 0.1) is 0 Å². The molecule has 0 radical (unpaired) electrons. The maximum absolute atomic E-state index is 12.3. The third-order valence-corrected chi connectivity index (χ3v) is 3.80. The molecule has 0 aliphatic rings. The Balaban J connectivity index is 1.59. The zero-order chi connectivity index (χ0) is 17.5. The molecule has 0 spiro atoms. The number of aromatic nitrogens is 1. The van der Waals surface area contributed by atoms with E-state index < -0.39 is 0 Å². The number of nitrogens with one attached hydrogen (secondary N) is 1. The van der Waals surface area contributed by atoms with Crippen LogP contribution in [0.5, 0.6) is 5.88 Å². The quantitative estimate of drug-likeness (QED) is 0.721. The van der Waals surface area contributed by atoms with Crippen molar-refractivity contribution >= 4 is 17.5 Å². The SMILES string of the molecule is O=C(NCc1cccc(Cl)c1)c1ccnc(OCc2ccccc2)c1. The van der Waals surface area contributed by atoms with Gasteiger partial charge in [0.15, 0.2) is 0 Å². The van der Waals surface area contributed by atoms with E-state index in [0.717, 1.165) is 11.1 Å². The Morgan fingerprint density at radius 2 is 1.80 bits per heavy atom. The molecule has 0 fully saturated rings.